The Hall–Kier alpha value is -1.30. The van der Waals surface area contributed by atoms with Crippen LogP contribution in [0.15, 0.2) is 22.7 Å². The summed E-state index contributed by atoms with van der Waals surface area (Å²) in [6, 6.07) is 3.53. The van der Waals surface area contributed by atoms with Gasteiger partial charge in [0.05, 0.1) is 16.9 Å². The number of hydrogen-bond donors (Lipinski definition) is 2. The lowest BCUT2D eigenvalue weighted by atomic mass is 10.1. The molecule has 0 aliphatic rings. The van der Waals surface area contributed by atoms with Gasteiger partial charge >= 0.3 is 0 Å². The molecule has 3 N–H and O–H groups in total. The van der Waals surface area contributed by atoms with Crippen LogP contribution in [0.5, 0.6) is 0 Å². The zero-order valence-electron chi connectivity index (χ0n) is 9.77. The summed E-state index contributed by atoms with van der Waals surface area (Å²) in [6.07, 6.45) is 2.43. The lowest BCUT2D eigenvalue weighted by Crippen LogP contribution is -2.30. The molecule has 1 atom stereocenters. The van der Waals surface area contributed by atoms with Crippen molar-refractivity contribution in [2.24, 2.45) is 12.9 Å². The van der Waals surface area contributed by atoms with Gasteiger partial charge < -0.3 is 4.42 Å². The predicted octanol–water partition coefficient (Wildman–Crippen LogP) is 1.78. The van der Waals surface area contributed by atoms with Crippen LogP contribution in [0.2, 0.25) is 5.02 Å². The Morgan fingerprint density at radius 2 is 2.35 bits per heavy atom. The van der Waals surface area contributed by atoms with Crippen LogP contribution in [0, 0.1) is 0 Å². The predicted molar refractivity (Wildman–Crippen MR) is 65.5 cm³/mol. The molecule has 0 aliphatic heterocycles. The maximum absolute atomic E-state index is 6.09. The molecule has 0 spiro atoms. The Labute approximate surface area is 105 Å². The Kier molecular flexibility index (Phi) is 3.51. The average Bonchev–Trinajstić information content (AvgIpc) is 2.91. The highest BCUT2D eigenvalue weighted by Gasteiger charge is 2.22. The van der Waals surface area contributed by atoms with Crippen molar-refractivity contribution in [3.05, 3.63) is 40.6 Å². The fourth-order valence-electron chi connectivity index (χ4n) is 1.78. The van der Waals surface area contributed by atoms with Gasteiger partial charge in [0.2, 0.25) is 0 Å². The van der Waals surface area contributed by atoms with Gasteiger partial charge in [-0.05, 0) is 12.1 Å². The van der Waals surface area contributed by atoms with E-state index < -0.39 is 0 Å². The lowest BCUT2D eigenvalue weighted by Gasteiger charge is -2.14. The summed E-state index contributed by atoms with van der Waals surface area (Å²) < 4.78 is 7.36. The van der Waals surface area contributed by atoms with Crippen molar-refractivity contribution in [3.8, 4) is 0 Å². The van der Waals surface area contributed by atoms with Crippen LogP contribution in [-0.2, 0) is 13.5 Å². The first-order valence-corrected chi connectivity index (χ1v) is 5.77. The number of nitrogens with two attached hydrogens (primary N) is 1. The molecule has 2 heterocycles. The van der Waals surface area contributed by atoms with Gasteiger partial charge in [-0.25, -0.2) is 5.43 Å². The molecule has 1 unspecified atom stereocenters. The van der Waals surface area contributed by atoms with E-state index in [1.54, 1.807) is 10.9 Å². The third kappa shape index (κ3) is 2.22. The minimum absolute atomic E-state index is 0.296. The number of hydrazine groups is 1. The van der Waals surface area contributed by atoms with Gasteiger partial charge in [-0.15, -0.1) is 0 Å². The second-order valence-corrected chi connectivity index (χ2v) is 4.17. The van der Waals surface area contributed by atoms with E-state index in [1.165, 1.54) is 0 Å². The summed E-state index contributed by atoms with van der Waals surface area (Å²) in [5.41, 5.74) is 3.48. The standard InChI is InChI=1S/C11H15ClN4O/c1-3-7-4-5-9(17-7)10(15-13)11-8(12)6-14-16(11)2/h4-6,10,15H,3,13H2,1-2H3. The third-order valence-corrected chi connectivity index (χ3v) is 2.98. The van der Waals surface area contributed by atoms with Crippen molar-refractivity contribution in [1.82, 2.24) is 15.2 Å². The molecule has 5 nitrogen and oxygen atoms in total. The minimum atomic E-state index is -0.296. The molecule has 0 aliphatic carbocycles. The first-order valence-electron chi connectivity index (χ1n) is 5.39. The molecule has 0 bridgehead atoms. The molecule has 0 fully saturated rings. The molecule has 0 saturated carbocycles. The summed E-state index contributed by atoms with van der Waals surface area (Å²) in [5, 5.41) is 4.65. The first-order chi connectivity index (χ1) is 8.17. The molecule has 0 saturated heterocycles. The molecule has 0 amide bonds. The van der Waals surface area contributed by atoms with E-state index in [0.717, 1.165) is 23.6 Å². The maximum atomic E-state index is 6.09. The highest BCUT2D eigenvalue weighted by atomic mass is 35.5. The van der Waals surface area contributed by atoms with Gasteiger partial charge in [0.15, 0.2) is 0 Å². The quantitative estimate of drug-likeness (QED) is 0.645. The zero-order chi connectivity index (χ0) is 12.4. The van der Waals surface area contributed by atoms with Crippen molar-refractivity contribution in [2.75, 3.05) is 0 Å². The first kappa shape index (κ1) is 12.2. The summed E-state index contributed by atoms with van der Waals surface area (Å²) in [6.45, 7) is 2.03. The normalized spacial score (nSPS) is 12.9. The zero-order valence-corrected chi connectivity index (χ0v) is 10.5. The highest BCUT2D eigenvalue weighted by molar-refractivity contribution is 6.31. The van der Waals surface area contributed by atoms with E-state index in [1.807, 2.05) is 26.1 Å². The highest BCUT2D eigenvalue weighted by Crippen LogP contribution is 2.28. The molecule has 2 rings (SSSR count). The fourth-order valence-corrected chi connectivity index (χ4v) is 2.06. The molecule has 0 aromatic carbocycles. The maximum Gasteiger partial charge on any atom is 0.128 e. The fraction of sp³-hybridized carbons (Fsp3) is 0.364. The molecule has 17 heavy (non-hydrogen) atoms. The molecule has 92 valence electrons. The number of halogens is 1. The van der Waals surface area contributed by atoms with E-state index in [-0.39, 0.29) is 6.04 Å². The lowest BCUT2D eigenvalue weighted by molar-refractivity contribution is 0.415. The number of nitrogens with zero attached hydrogens (tertiary/aromatic N) is 2. The smallest absolute Gasteiger partial charge is 0.128 e. The Morgan fingerprint density at radius 1 is 1.59 bits per heavy atom. The molecule has 2 aromatic rings. The largest absolute Gasteiger partial charge is 0.464 e. The second kappa shape index (κ2) is 4.91. The van der Waals surface area contributed by atoms with Crippen molar-refractivity contribution < 1.29 is 4.42 Å². The number of nitrogens with one attached hydrogen (secondary N) is 1. The van der Waals surface area contributed by atoms with E-state index in [9.17, 15) is 0 Å². The van der Waals surface area contributed by atoms with E-state index >= 15 is 0 Å². The van der Waals surface area contributed by atoms with Crippen LogP contribution in [-0.4, -0.2) is 9.78 Å². The van der Waals surface area contributed by atoms with Crippen LogP contribution < -0.4 is 11.3 Å². The summed E-state index contributed by atoms with van der Waals surface area (Å²) in [7, 11) is 1.81. The van der Waals surface area contributed by atoms with Gasteiger partial charge in [0.25, 0.3) is 0 Å². The van der Waals surface area contributed by atoms with Crippen LogP contribution >= 0.6 is 11.6 Å². The third-order valence-electron chi connectivity index (χ3n) is 2.69. The topological polar surface area (TPSA) is 69.0 Å². The van der Waals surface area contributed by atoms with E-state index in [4.69, 9.17) is 21.9 Å². The van der Waals surface area contributed by atoms with Gasteiger partial charge in [0, 0.05) is 13.5 Å². The molecular formula is C11H15ClN4O. The molecular weight excluding hydrogens is 240 g/mol. The van der Waals surface area contributed by atoms with Crippen LogP contribution in [0.3, 0.4) is 0 Å². The number of aryl methyl sites for hydroxylation is 2. The number of hydrogen-bond acceptors (Lipinski definition) is 4. The van der Waals surface area contributed by atoms with Crippen molar-refractivity contribution in [2.45, 2.75) is 19.4 Å². The van der Waals surface area contributed by atoms with Crippen LogP contribution in [0.1, 0.15) is 30.2 Å². The second-order valence-electron chi connectivity index (χ2n) is 3.76. The SMILES string of the molecule is CCc1ccc(C(NN)c2c(Cl)cnn2C)o1. The van der Waals surface area contributed by atoms with Gasteiger partial charge in [-0.3, -0.25) is 10.5 Å². The van der Waals surface area contributed by atoms with Crippen molar-refractivity contribution in [3.63, 3.8) is 0 Å². The van der Waals surface area contributed by atoms with Crippen LogP contribution in [0.25, 0.3) is 0 Å². The average molecular weight is 255 g/mol. The Bertz CT molecular complexity index is 486. The molecule has 6 heteroatoms. The number of aromatic nitrogens is 2. The number of furan rings is 1. The molecule has 0 radical (unpaired) electrons. The van der Waals surface area contributed by atoms with Gasteiger partial charge in [-0.2, -0.15) is 5.10 Å². The summed E-state index contributed by atoms with van der Waals surface area (Å²) in [4.78, 5) is 0. The summed E-state index contributed by atoms with van der Waals surface area (Å²) >= 11 is 6.09. The minimum Gasteiger partial charge on any atom is -0.464 e. The number of rotatable bonds is 4. The summed E-state index contributed by atoms with van der Waals surface area (Å²) in [5.74, 6) is 7.22. The van der Waals surface area contributed by atoms with Crippen molar-refractivity contribution >= 4 is 11.6 Å². The Morgan fingerprint density at radius 3 is 2.82 bits per heavy atom. The monoisotopic (exact) mass is 254 g/mol. The van der Waals surface area contributed by atoms with Crippen LogP contribution in [0.4, 0.5) is 0 Å². The van der Waals surface area contributed by atoms with E-state index in [2.05, 4.69) is 10.5 Å². The van der Waals surface area contributed by atoms with Crippen molar-refractivity contribution in [1.29, 1.82) is 0 Å². The molecule has 2 aromatic heterocycles. The van der Waals surface area contributed by atoms with Gasteiger partial charge in [-0.1, -0.05) is 18.5 Å². The Balaban J connectivity index is 2.40. The van der Waals surface area contributed by atoms with E-state index in [0.29, 0.717) is 5.02 Å². The van der Waals surface area contributed by atoms with Gasteiger partial charge in [0.1, 0.15) is 17.6 Å².